The number of carbonyl (C=O) groups excluding carboxylic acids is 3. The number of carbonyl (C=O) groups is 3. The van der Waals surface area contributed by atoms with Crippen molar-refractivity contribution >= 4 is 17.7 Å². The van der Waals surface area contributed by atoms with E-state index in [-0.39, 0.29) is 23.6 Å². The highest BCUT2D eigenvalue weighted by Gasteiger charge is 2.35. The number of benzene rings is 1. The number of hydrogen-bond donors (Lipinski definition) is 2. The minimum Gasteiger partial charge on any atom is -0.493 e. The smallest absolute Gasteiger partial charge is 0.258 e. The Hall–Kier alpha value is -2.61. The Morgan fingerprint density at radius 2 is 1.94 bits per heavy atom. The quantitative estimate of drug-likeness (QED) is 0.576. The number of nitrogens with one attached hydrogen (secondary N) is 1. The van der Waals surface area contributed by atoms with E-state index in [1.54, 1.807) is 17.0 Å². The number of ether oxygens (including phenoxy) is 1. The van der Waals surface area contributed by atoms with Crippen LogP contribution in [0.15, 0.2) is 24.3 Å². The maximum absolute atomic E-state index is 13.1. The highest BCUT2D eigenvalue weighted by molar-refractivity contribution is 6.00. The van der Waals surface area contributed by atoms with Gasteiger partial charge in [0.25, 0.3) is 5.91 Å². The number of piperidine rings is 1. The molecule has 3 amide bonds. The molecule has 3 N–H and O–H groups in total. The molecule has 3 rings (SSSR count). The Morgan fingerprint density at radius 3 is 2.71 bits per heavy atom. The maximum atomic E-state index is 13.1. The van der Waals surface area contributed by atoms with E-state index in [1.165, 1.54) is 0 Å². The highest BCUT2D eigenvalue weighted by atomic mass is 16.5. The molecule has 1 aromatic rings. The second-order valence-electron chi connectivity index (χ2n) is 8.27. The number of likely N-dealkylation sites (tertiary alicyclic amines) is 2. The van der Waals surface area contributed by atoms with Crippen LogP contribution in [0.4, 0.5) is 0 Å². The van der Waals surface area contributed by atoms with E-state index in [0.29, 0.717) is 44.0 Å². The van der Waals surface area contributed by atoms with E-state index in [9.17, 15) is 14.4 Å². The molecule has 8 nitrogen and oxygen atoms in total. The van der Waals surface area contributed by atoms with E-state index >= 15 is 0 Å². The molecule has 2 unspecified atom stereocenters. The Labute approximate surface area is 184 Å². The van der Waals surface area contributed by atoms with Gasteiger partial charge in [0.05, 0.1) is 18.1 Å². The van der Waals surface area contributed by atoms with Crippen LogP contribution in [-0.4, -0.2) is 72.9 Å². The van der Waals surface area contributed by atoms with Gasteiger partial charge in [0.2, 0.25) is 11.8 Å². The molecule has 2 aliphatic rings. The molecule has 0 radical (unpaired) electrons. The van der Waals surface area contributed by atoms with E-state index in [4.69, 9.17) is 10.5 Å². The van der Waals surface area contributed by atoms with Gasteiger partial charge in [-0.2, -0.15) is 0 Å². The average Bonchev–Trinajstić information content (AvgIpc) is 3.27. The molecule has 170 valence electrons. The molecule has 8 heteroatoms. The SMILES string of the molecule is CCOc1ccccc1C(=O)N1CCCC1C(=O)NCCCN1CCCC(C(N)=O)C1. The van der Waals surface area contributed by atoms with Gasteiger partial charge in [0.15, 0.2) is 0 Å². The average molecular weight is 431 g/mol. The molecular weight excluding hydrogens is 396 g/mol. The lowest BCUT2D eigenvalue weighted by Crippen LogP contribution is -2.46. The topological polar surface area (TPSA) is 105 Å². The zero-order valence-corrected chi connectivity index (χ0v) is 18.3. The second kappa shape index (κ2) is 11.1. The Morgan fingerprint density at radius 1 is 1.16 bits per heavy atom. The van der Waals surface area contributed by atoms with E-state index in [1.807, 2.05) is 19.1 Å². The van der Waals surface area contributed by atoms with Gasteiger partial charge in [0, 0.05) is 19.6 Å². The third kappa shape index (κ3) is 5.97. The summed E-state index contributed by atoms with van der Waals surface area (Å²) in [7, 11) is 0. The highest BCUT2D eigenvalue weighted by Crippen LogP contribution is 2.25. The van der Waals surface area contributed by atoms with Crippen LogP contribution in [0.25, 0.3) is 0 Å². The molecule has 2 heterocycles. The fourth-order valence-corrected chi connectivity index (χ4v) is 4.48. The third-order valence-corrected chi connectivity index (χ3v) is 6.09. The lowest BCUT2D eigenvalue weighted by molar-refractivity contribution is -0.125. The predicted molar refractivity (Wildman–Crippen MR) is 118 cm³/mol. The molecule has 0 aliphatic carbocycles. The van der Waals surface area contributed by atoms with Gasteiger partial charge in [0.1, 0.15) is 11.8 Å². The van der Waals surface area contributed by atoms with Crippen molar-refractivity contribution in [1.29, 1.82) is 0 Å². The molecule has 1 aromatic carbocycles. The van der Waals surface area contributed by atoms with Crippen LogP contribution in [0, 0.1) is 5.92 Å². The van der Waals surface area contributed by atoms with Crippen LogP contribution >= 0.6 is 0 Å². The van der Waals surface area contributed by atoms with Gasteiger partial charge >= 0.3 is 0 Å². The zero-order valence-electron chi connectivity index (χ0n) is 18.3. The number of hydrogen-bond acceptors (Lipinski definition) is 5. The van der Waals surface area contributed by atoms with Crippen molar-refractivity contribution in [2.75, 3.05) is 39.3 Å². The summed E-state index contributed by atoms with van der Waals surface area (Å²) in [6.07, 6.45) is 4.11. The van der Waals surface area contributed by atoms with E-state index < -0.39 is 6.04 Å². The lowest BCUT2D eigenvalue weighted by atomic mass is 9.97. The standard InChI is InChI=1S/C23H34N4O4/c1-2-31-20-11-4-3-9-18(20)23(30)27-15-6-10-19(27)22(29)25-12-7-14-26-13-5-8-17(16-26)21(24)28/h3-4,9,11,17,19H,2,5-8,10,12-16H2,1H3,(H2,24,28)(H,25,29). The second-order valence-corrected chi connectivity index (χ2v) is 8.27. The van der Waals surface area contributed by atoms with Crippen molar-refractivity contribution < 1.29 is 19.1 Å². The van der Waals surface area contributed by atoms with Gasteiger partial charge in [-0.1, -0.05) is 12.1 Å². The van der Waals surface area contributed by atoms with Gasteiger partial charge in [-0.05, 0) is 64.3 Å². The number of para-hydroxylation sites is 1. The summed E-state index contributed by atoms with van der Waals surface area (Å²) in [6.45, 7) is 5.95. The lowest BCUT2D eigenvalue weighted by Gasteiger charge is -2.31. The number of nitrogens with zero attached hydrogens (tertiary/aromatic N) is 2. The summed E-state index contributed by atoms with van der Waals surface area (Å²) in [5, 5.41) is 2.99. The molecular formula is C23H34N4O4. The molecule has 2 fully saturated rings. The maximum Gasteiger partial charge on any atom is 0.258 e. The van der Waals surface area contributed by atoms with Crippen LogP contribution < -0.4 is 15.8 Å². The first kappa shape index (κ1) is 23.1. The van der Waals surface area contributed by atoms with Crippen molar-refractivity contribution in [2.45, 2.75) is 45.1 Å². The van der Waals surface area contributed by atoms with Crippen molar-refractivity contribution in [3.8, 4) is 5.75 Å². The first-order chi connectivity index (χ1) is 15.0. The molecule has 31 heavy (non-hydrogen) atoms. The summed E-state index contributed by atoms with van der Waals surface area (Å²) in [6, 6.07) is 6.73. The van der Waals surface area contributed by atoms with Crippen molar-refractivity contribution in [3.63, 3.8) is 0 Å². The van der Waals surface area contributed by atoms with Crippen LogP contribution in [0.2, 0.25) is 0 Å². The largest absolute Gasteiger partial charge is 0.493 e. The molecule has 0 saturated carbocycles. The summed E-state index contributed by atoms with van der Waals surface area (Å²) in [5.74, 6) is -0.00589. The number of primary amides is 1. The van der Waals surface area contributed by atoms with Crippen molar-refractivity contribution in [3.05, 3.63) is 29.8 Å². The monoisotopic (exact) mass is 430 g/mol. The molecule has 2 aliphatic heterocycles. The Balaban J connectivity index is 1.49. The Kier molecular flexibility index (Phi) is 8.28. The number of amides is 3. The third-order valence-electron chi connectivity index (χ3n) is 6.09. The summed E-state index contributed by atoms with van der Waals surface area (Å²) < 4.78 is 5.59. The van der Waals surface area contributed by atoms with E-state index in [0.717, 1.165) is 38.8 Å². The van der Waals surface area contributed by atoms with Gasteiger partial charge in [-0.25, -0.2) is 0 Å². The molecule has 0 aromatic heterocycles. The van der Waals surface area contributed by atoms with E-state index in [2.05, 4.69) is 10.2 Å². The van der Waals surface area contributed by atoms with Gasteiger partial charge < -0.3 is 25.6 Å². The zero-order chi connectivity index (χ0) is 22.2. The minimum absolute atomic E-state index is 0.0686. The summed E-state index contributed by atoms with van der Waals surface area (Å²) in [4.78, 5) is 41.2. The Bertz CT molecular complexity index is 785. The van der Waals surface area contributed by atoms with Crippen LogP contribution in [0.5, 0.6) is 5.75 Å². The molecule has 0 bridgehead atoms. The molecule has 2 atom stereocenters. The van der Waals surface area contributed by atoms with Crippen molar-refractivity contribution in [2.24, 2.45) is 11.7 Å². The normalized spacial score (nSPS) is 21.6. The number of rotatable bonds is 9. The fraction of sp³-hybridized carbons (Fsp3) is 0.609. The summed E-state index contributed by atoms with van der Waals surface area (Å²) >= 11 is 0. The first-order valence-electron chi connectivity index (χ1n) is 11.3. The fourth-order valence-electron chi connectivity index (χ4n) is 4.48. The van der Waals surface area contributed by atoms with Crippen LogP contribution in [0.1, 0.15) is 49.4 Å². The van der Waals surface area contributed by atoms with Gasteiger partial charge in [-0.3, -0.25) is 14.4 Å². The summed E-state index contributed by atoms with van der Waals surface area (Å²) in [5.41, 5.74) is 5.93. The molecule has 0 spiro atoms. The number of nitrogens with two attached hydrogens (primary N) is 1. The van der Waals surface area contributed by atoms with Crippen LogP contribution in [-0.2, 0) is 9.59 Å². The first-order valence-corrected chi connectivity index (χ1v) is 11.3. The predicted octanol–water partition coefficient (Wildman–Crippen LogP) is 1.39. The molecule has 2 saturated heterocycles. The van der Waals surface area contributed by atoms with Crippen LogP contribution in [0.3, 0.4) is 0 Å². The van der Waals surface area contributed by atoms with Crippen molar-refractivity contribution in [1.82, 2.24) is 15.1 Å². The van der Waals surface area contributed by atoms with Gasteiger partial charge in [-0.15, -0.1) is 0 Å². The minimum atomic E-state index is -0.448.